The van der Waals surface area contributed by atoms with E-state index in [0.29, 0.717) is 25.2 Å². The Hall–Kier alpha value is 0.460. The summed E-state index contributed by atoms with van der Waals surface area (Å²) in [5, 5.41) is 33.5. The zero-order valence-corrected chi connectivity index (χ0v) is 25.0. The molecule has 0 aromatic carbocycles. The molecule has 4 rings (SSSR count). The number of carbonyl (C=O) groups is 1. The fourth-order valence-electron chi connectivity index (χ4n) is 9.07. The summed E-state index contributed by atoms with van der Waals surface area (Å²) < 4.78 is 21.7. The van der Waals surface area contributed by atoms with Crippen LogP contribution in [0.2, 0.25) is 0 Å². The quantitative estimate of drug-likeness (QED) is 0.182. The molecule has 4 aliphatic rings. The molecule has 0 amide bonds. The molecule has 202 valence electrons. The number of aliphatic hydroxyl groups excluding tert-OH is 1. The first-order chi connectivity index (χ1) is 16.2. The molecule has 4 N–H and O–H groups in total. The van der Waals surface area contributed by atoms with Gasteiger partial charge in [0.1, 0.15) is 0 Å². The Kier molecular flexibility index (Phi) is 9.60. The van der Waals surface area contributed by atoms with Gasteiger partial charge in [-0.3, -0.25) is 4.52 Å². The summed E-state index contributed by atoms with van der Waals surface area (Å²) in [6.45, 7) is 5.96. The summed E-state index contributed by atoms with van der Waals surface area (Å²) in [4.78, 5) is 29.4. The number of fused-ring (bicyclic) bond motifs is 5. The van der Waals surface area contributed by atoms with Gasteiger partial charge in [-0.05, 0) is 98.2 Å². The molecule has 4 aliphatic carbocycles. The van der Waals surface area contributed by atoms with Gasteiger partial charge in [0, 0.05) is 18.3 Å². The summed E-state index contributed by atoms with van der Waals surface area (Å²) in [7, 11) is -4.76. The largest absolute Gasteiger partial charge is 1.00 e. The van der Waals surface area contributed by atoms with Gasteiger partial charge in [-0.15, -0.1) is 0 Å². The zero-order chi connectivity index (χ0) is 25.8. The minimum atomic E-state index is -4.76. The van der Waals surface area contributed by atoms with E-state index in [9.17, 15) is 24.7 Å². The number of phosphoric acid groups is 1. The van der Waals surface area contributed by atoms with E-state index in [1.165, 1.54) is 0 Å². The monoisotopic (exact) mass is 540 g/mol. The van der Waals surface area contributed by atoms with Crippen LogP contribution in [0.3, 0.4) is 0 Å². The van der Waals surface area contributed by atoms with E-state index >= 15 is 0 Å². The molecule has 9 nitrogen and oxygen atoms in total. The average molecular weight is 541 g/mol. The van der Waals surface area contributed by atoms with Crippen LogP contribution in [0, 0.1) is 46.3 Å². The maximum atomic E-state index is 12.0. The predicted octanol–water partition coefficient (Wildman–Crippen LogP) is -0.442. The molecular weight excluding hydrogens is 498 g/mol. The van der Waals surface area contributed by atoms with Crippen LogP contribution in [-0.2, 0) is 18.6 Å². The fraction of sp³-hybridized carbons (Fsp3) is 0.960. The molecule has 4 unspecified atom stereocenters. The van der Waals surface area contributed by atoms with Crippen LogP contribution in [0.1, 0.15) is 85.0 Å². The molecule has 0 aromatic heterocycles. The number of carboxylic acid groups (broad SMARTS) is 1. The number of aliphatic hydroxyl groups is 2. The maximum absolute atomic E-state index is 12.0. The van der Waals surface area contributed by atoms with Gasteiger partial charge in [0.15, 0.2) is 12.6 Å². The zero-order valence-electron chi connectivity index (χ0n) is 22.1. The van der Waals surface area contributed by atoms with E-state index in [2.05, 4.69) is 25.3 Å². The topological polar surface area (TPSA) is 157 Å². The molecular formula is C25H42NaO9P. The molecule has 11 heteroatoms. The Morgan fingerprint density at radius 1 is 1.11 bits per heavy atom. The molecule has 0 saturated heterocycles. The SMILES string of the molecule is C[C@H](CCC(=O)[O-])[C@H]1CCC2C3C(CC[C@@]21C)[C@@]1(C)CC[C@H](O)CC1C[C@@]3(O)OCOP(=O)(O)O.[Na+]. The van der Waals surface area contributed by atoms with E-state index < -0.39 is 32.5 Å². The van der Waals surface area contributed by atoms with Crippen LogP contribution in [0.25, 0.3) is 0 Å². The van der Waals surface area contributed by atoms with Crippen molar-refractivity contribution in [1.82, 2.24) is 0 Å². The van der Waals surface area contributed by atoms with E-state index in [0.717, 1.165) is 38.5 Å². The normalized spacial score (nSPS) is 45.1. The smallest absolute Gasteiger partial charge is 0.550 e. The summed E-state index contributed by atoms with van der Waals surface area (Å²) >= 11 is 0. The maximum Gasteiger partial charge on any atom is 1.00 e. The molecule has 0 heterocycles. The molecule has 0 radical (unpaired) electrons. The molecule has 10 atom stereocenters. The van der Waals surface area contributed by atoms with E-state index in [-0.39, 0.29) is 76.4 Å². The van der Waals surface area contributed by atoms with Crippen LogP contribution in [0.5, 0.6) is 0 Å². The Balaban J connectivity index is 0.00000361. The fourth-order valence-corrected chi connectivity index (χ4v) is 9.26. The summed E-state index contributed by atoms with van der Waals surface area (Å²) in [5.41, 5.74) is -0.144. The molecule has 36 heavy (non-hydrogen) atoms. The van der Waals surface area contributed by atoms with Crippen molar-refractivity contribution in [3.05, 3.63) is 0 Å². The number of ether oxygens (including phenoxy) is 1. The van der Waals surface area contributed by atoms with Crippen molar-refractivity contribution >= 4 is 13.8 Å². The van der Waals surface area contributed by atoms with Gasteiger partial charge in [0.2, 0.25) is 0 Å². The van der Waals surface area contributed by atoms with E-state index in [1.807, 2.05) is 0 Å². The number of aliphatic carboxylic acids is 1. The average Bonchev–Trinajstić information content (AvgIpc) is 3.09. The van der Waals surface area contributed by atoms with E-state index in [4.69, 9.17) is 14.5 Å². The van der Waals surface area contributed by atoms with Crippen molar-refractivity contribution in [3.8, 4) is 0 Å². The van der Waals surface area contributed by atoms with Crippen LogP contribution >= 0.6 is 7.82 Å². The molecule has 0 bridgehead atoms. The minimum absolute atomic E-state index is 0. The summed E-state index contributed by atoms with van der Waals surface area (Å²) in [6, 6.07) is 0. The van der Waals surface area contributed by atoms with Gasteiger partial charge in [0.05, 0.1) is 6.10 Å². The number of hydrogen-bond acceptors (Lipinski definition) is 7. The van der Waals surface area contributed by atoms with Crippen molar-refractivity contribution < 1.29 is 73.3 Å². The first-order valence-electron chi connectivity index (χ1n) is 13.1. The second kappa shape index (κ2) is 11.1. The van der Waals surface area contributed by atoms with Crippen LogP contribution in [0.4, 0.5) is 0 Å². The first-order valence-corrected chi connectivity index (χ1v) is 14.7. The van der Waals surface area contributed by atoms with Gasteiger partial charge in [-0.1, -0.05) is 20.8 Å². The van der Waals surface area contributed by atoms with Gasteiger partial charge < -0.3 is 34.6 Å². The van der Waals surface area contributed by atoms with Crippen LogP contribution in [0.15, 0.2) is 0 Å². The molecule has 4 fully saturated rings. The Morgan fingerprint density at radius 3 is 2.39 bits per heavy atom. The summed E-state index contributed by atoms with van der Waals surface area (Å²) in [5.74, 6) is -2.00. The van der Waals surface area contributed by atoms with E-state index in [1.54, 1.807) is 0 Å². The third kappa shape index (κ3) is 5.81. The van der Waals surface area contributed by atoms with Crippen molar-refractivity contribution in [1.29, 1.82) is 0 Å². The number of rotatable bonds is 8. The third-order valence-corrected chi connectivity index (χ3v) is 11.2. The van der Waals surface area contributed by atoms with Gasteiger partial charge in [-0.2, -0.15) is 0 Å². The number of hydrogen-bond donors (Lipinski definition) is 4. The van der Waals surface area contributed by atoms with Gasteiger partial charge in [-0.25, -0.2) is 4.57 Å². The molecule has 0 spiro atoms. The van der Waals surface area contributed by atoms with Gasteiger partial charge in [0.25, 0.3) is 0 Å². The van der Waals surface area contributed by atoms with Crippen LogP contribution < -0.4 is 34.7 Å². The minimum Gasteiger partial charge on any atom is -0.550 e. The molecule has 0 aliphatic heterocycles. The molecule has 0 aromatic rings. The number of carboxylic acids is 1. The van der Waals surface area contributed by atoms with Gasteiger partial charge >= 0.3 is 37.4 Å². The van der Waals surface area contributed by atoms with Crippen molar-refractivity contribution in [2.45, 2.75) is 96.9 Å². The predicted molar refractivity (Wildman–Crippen MR) is 124 cm³/mol. The third-order valence-electron chi connectivity index (χ3n) is 10.8. The second-order valence-electron chi connectivity index (χ2n) is 12.4. The second-order valence-corrected chi connectivity index (χ2v) is 13.7. The number of carbonyl (C=O) groups excluding carboxylic acids is 1. The Morgan fingerprint density at radius 2 is 1.75 bits per heavy atom. The number of phosphoric ester groups is 1. The first kappa shape index (κ1) is 31.0. The Bertz CT molecular complexity index is 853. The Labute approximate surface area is 236 Å². The van der Waals surface area contributed by atoms with Crippen molar-refractivity contribution in [2.24, 2.45) is 46.3 Å². The van der Waals surface area contributed by atoms with Crippen molar-refractivity contribution in [2.75, 3.05) is 6.79 Å². The standard InChI is InChI=1S/C25H43O9P.Na/c1-15(4-7-21(27)28)18-5-6-19-22-20(9-11-24(18,19)3)23(2)10-8-17(26)12-16(23)13-25(22,29)33-14-34-35(30,31)32;/h15-20,22,26,29H,4-14H2,1-3H3,(H,27,28)(H2,30,31,32);/q;+1/p-1/t15-,16?,17+,18-,19?,20?,22?,23+,24-,25-;/m1./s1. The summed E-state index contributed by atoms with van der Waals surface area (Å²) in [6.07, 6.45) is 6.41. The molecule has 4 saturated carbocycles. The van der Waals surface area contributed by atoms with Crippen molar-refractivity contribution in [3.63, 3.8) is 0 Å². The van der Waals surface area contributed by atoms with Crippen LogP contribution in [-0.4, -0.2) is 44.7 Å².